The second-order valence-electron chi connectivity index (χ2n) is 5.88. The first kappa shape index (κ1) is 17.3. The maximum absolute atomic E-state index is 13.1. The van der Waals surface area contributed by atoms with Gasteiger partial charge in [-0.1, -0.05) is 24.3 Å². The van der Waals surface area contributed by atoms with Crippen molar-refractivity contribution in [2.45, 2.75) is 26.9 Å². The Hall–Kier alpha value is -2.53. The van der Waals surface area contributed by atoms with Gasteiger partial charge < -0.3 is 14.1 Å². The average molecular weight is 355 g/mol. The lowest BCUT2D eigenvalue weighted by atomic mass is 10.1. The van der Waals surface area contributed by atoms with Crippen molar-refractivity contribution < 1.29 is 13.9 Å². The fraction of sp³-hybridized carbons (Fsp3) is 0.250. The molecule has 2 heterocycles. The number of para-hydroxylation sites is 1. The van der Waals surface area contributed by atoms with Crippen molar-refractivity contribution in [1.82, 2.24) is 4.90 Å². The van der Waals surface area contributed by atoms with Gasteiger partial charge in [0.15, 0.2) is 0 Å². The first-order valence-corrected chi connectivity index (χ1v) is 8.97. The molecule has 0 spiro atoms. The van der Waals surface area contributed by atoms with E-state index >= 15 is 0 Å². The number of furan rings is 1. The van der Waals surface area contributed by atoms with E-state index in [0.29, 0.717) is 24.4 Å². The summed E-state index contributed by atoms with van der Waals surface area (Å²) in [5.74, 6) is 2.15. The third-order valence-electron chi connectivity index (χ3n) is 4.04. The van der Waals surface area contributed by atoms with Crippen molar-refractivity contribution >= 4 is 17.2 Å². The number of amides is 1. The molecule has 2 aromatic heterocycles. The van der Waals surface area contributed by atoms with Crippen LogP contribution in [0.3, 0.4) is 0 Å². The number of thiophene rings is 1. The fourth-order valence-corrected chi connectivity index (χ4v) is 3.56. The van der Waals surface area contributed by atoms with Gasteiger partial charge in [0.1, 0.15) is 17.3 Å². The molecule has 0 saturated carbocycles. The van der Waals surface area contributed by atoms with E-state index in [1.54, 1.807) is 24.5 Å². The maximum Gasteiger partial charge on any atom is 0.258 e. The summed E-state index contributed by atoms with van der Waals surface area (Å²) >= 11 is 1.65. The van der Waals surface area contributed by atoms with Crippen molar-refractivity contribution in [2.24, 2.45) is 0 Å². The Kier molecular flexibility index (Phi) is 5.24. The topological polar surface area (TPSA) is 42.7 Å². The molecular weight excluding hydrogens is 334 g/mol. The number of hydrogen-bond donors (Lipinski definition) is 0. The Morgan fingerprint density at radius 3 is 2.60 bits per heavy atom. The quantitative estimate of drug-likeness (QED) is 0.637. The van der Waals surface area contributed by atoms with E-state index in [1.165, 1.54) is 0 Å². The molecule has 3 rings (SSSR count). The van der Waals surface area contributed by atoms with Crippen molar-refractivity contribution in [3.63, 3.8) is 0 Å². The van der Waals surface area contributed by atoms with E-state index in [9.17, 15) is 4.79 Å². The van der Waals surface area contributed by atoms with E-state index in [-0.39, 0.29) is 5.91 Å². The van der Waals surface area contributed by atoms with E-state index in [1.807, 2.05) is 60.5 Å². The SMILES string of the molecule is COc1ccccc1CN(Cc1cccs1)C(=O)c1cc(C)oc1C. The third kappa shape index (κ3) is 3.94. The molecule has 0 radical (unpaired) electrons. The molecule has 1 aromatic carbocycles. The molecule has 0 unspecified atom stereocenters. The molecule has 130 valence electrons. The minimum atomic E-state index is -0.0337. The van der Waals surface area contributed by atoms with Crippen molar-refractivity contribution in [1.29, 1.82) is 0 Å². The van der Waals surface area contributed by atoms with Gasteiger partial charge in [0.2, 0.25) is 0 Å². The number of aryl methyl sites for hydroxylation is 2. The van der Waals surface area contributed by atoms with Crippen LogP contribution in [0.5, 0.6) is 5.75 Å². The van der Waals surface area contributed by atoms with Crippen LogP contribution in [-0.4, -0.2) is 17.9 Å². The zero-order chi connectivity index (χ0) is 17.8. The lowest BCUT2D eigenvalue weighted by molar-refractivity contribution is 0.0729. The van der Waals surface area contributed by atoms with Crippen LogP contribution in [0.15, 0.2) is 52.3 Å². The summed E-state index contributed by atoms with van der Waals surface area (Å²) in [4.78, 5) is 16.1. The Morgan fingerprint density at radius 1 is 1.16 bits per heavy atom. The molecule has 25 heavy (non-hydrogen) atoms. The lowest BCUT2D eigenvalue weighted by Gasteiger charge is -2.23. The summed E-state index contributed by atoms with van der Waals surface area (Å²) < 4.78 is 11.0. The van der Waals surface area contributed by atoms with Gasteiger partial charge in [0, 0.05) is 10.4 Å². The van der Waals surface area contributed by atoms with E-state index in [2.05, 4.69) is 0 Å². The number of carbonyl (C=O) groups excluding carboxylic acids is 1. The number of benzene rings is 1. The number of hydrogen-bond acceptors (Lipinski definition) is 4. The second kappa shape index (κ2) is 7.57. The highest BCUT2D eigenvalue weighted by atomic mass is 32.1. The highest BCUT2D eigenvalue weighted by molar-refractivity contribution is 7.09. The van der Waals surface area contributed by atoms with Crippen LogP contribution in [-0.2, 0) is 13.1 Å². The second-order valence-corrected chi connectivity index (χ2v) is 6.91. The van der Waals surface area contributed by atoms with Crippen LogP contribution in [0.4, 0.5) is 0 Å². The smallest absolute Gasteiger partial charge is 0.258 e. The van der Waals surface area contributed by atoms with Gasteiger partial charge >= 0.3 is 0 Å². The zero-order valence-electron chi connectivity index (χ0n) is 14.6. The molecule has 0 N–H and O–H groups in total. The molecule has 0 bridgehead atoms. The monoisotopic (exact) mass is 355 g/mol. The van der Waals surface area contributed by atoms with Gasteiger partial charge in [-0.2, -0.15) is 0 Å². The predicted octanol–water partition coefficient (Wildman–Crippen LogP) is 4.81. The van der Waals surface area contributed by atoms with Crippen LogP contribution in [0, 0.1) is 13.8 Å². The van der Waals surface area contributed by atoms with Gasteiger partial charge in [-0.25, -0.2) is 0 Å². The lowest BCUT2D eigenvalue weighted by Crippen LogP contribution is -2.30. The van der Waals surface area contributed by atoms with Crippen molar-refractivity contribution in [3.8, 4) is 5.75 Å². The van der Waals surface area contributed by atoms with Crippen molar-refractivity contribution in [2.75, 3.05) is 7.11 Å². The van der Waals surface area contributed by atoms with Gasteiger partial charge in [0.25, 0.3) is 5.91 Å². The number of rotatable bonds is 6. The van der Waals surface area contributed by atoms with Crippen LogP contribution in [0.2, 0.25) is 0 Å². The highest BCUT2D eigenvalue weighted by Gasteiger charge is 2.22. The number of carbonyl (C=O) groups is 1. The minimum Gasteiger partial charge on any atom is -0.496 e. The summed E-state index contributed by atoms with van der Waals surface area (Å²) in [5.41, 5.74) is 1.59. The van der Waals surface area contributed by atoms with Gasteiger partial charge in [-0.15, -0.1) is 11.3 Å². The largest absolute Gasteiger partial charge is 0.496 e. The van der Waals surface area contributed by atoms with Crippen LogP contribution in [0.25, 0.3) is 0 Å². The van der Waals surface area contributed by atoms with Crippen LogP contribution >= 0.6 is 11.3 Å². The summed E-state index contributed by atoms with van der Waals surface area (Å²) in [6.45, 7) is 4.71. The molecule has 0 aliphatic carbocycles. The molecule has 0 fully saturated rings. The normalized spacial score (nSPS) is 10.7. The maximum atomic E-state index is 13.1. The Labute approximate surface area is 151 Å². The van der Waals surface area contributed by atoms with Gasteiger partial charge in [-0.3, -0.25) is 4.79 Å². The summed E-state index contributed by atoms with van der Waals surface area (Å²) in [6.07, 6.45) is 0. The number of methoxy groups -OCH3 is 1. The fourth-order valence-electron chi connectivity index (χ4n) is 2.84. The average Bonchev–Trinajstić information content (AvgIpc) is 3.23. The first-order valence-electron chi connectivity index (χ1n) is 8.09. The number of nitrogens with zero attached hydrogens (tertiary/aromatic N) is 1. The highest BCUT2D eigenvalue weighted by Crippen LogP contribution is 2.24. The van der Waals surface area contributed by atoms with Crippen LogP contribution in [0.1, 0.15) is 32.3 Å². The summed E-state index contributed by atoms with van der Waals surface area (Å²) in [5, 5.41) is 2.02. The summed E-state index contributed by atoms with van der Waals surface area (Å²) in [6, 6.07) is 13.6. The predicted molar refractivity (Wildman–Crippen MR) is 99.1 cm³/mol. The molecule has 0 aliphatic rings. The van der Waals surface area contributed by atoms with Gasteiger partial charge in [-0.05, 0) is 37.4 Å². The molecule has 1 amide bonds. The van der Waals surface area contributed by atoms with E-state index < -0.39 is 0 Å². The Bertz CT molecular complexity index is 852. The summed E-state index contributed by atoms with van der Waals surface area (Å²) in [7, 11) is 1.65. The molecule has 0 atom stereocenters. The van der Waals surface area contributed by atoms with Gasteiger partial charge in [0.05, 0.1) is 25.8 Å². The Balaban J connectivity index is 1.92. The van der Waals surface area contributed by atoms with Crippen molar-refractivity contribution in [3.05, 3.63) is 75.4 Å². The Morgan fingerprint density at radius 2 is 1.96 bits per heavy atom. The molecule has 4 nitrogen and oxygen atoms in total. The number of ether oxygens (including phenoxy) is 1. The third-order valence-corrected chi connectivity index (χ3v) is 4.90. The van der Waals surface area contributed by atoms with Crippen LogP contribution < -0.4 is 4.74 Å². The molecule has 5 heteroatoms. The van der Waals surface area contributed by atoms with E-state index in [0.717, 1.165) is 22.0 Å². The van der Waals surface area contributed by atoms with E-state index in [4.69, 9.17) is 9.15 Å². The minimum absolute atomic E-state index is 0.0337. The molecule has 3 aromatic rings. The zero-order valence-corrected chi connectivity index (χ0v) is 15.4. The molecular formula is C20H21NO3S. The standard InChI is InChI=1S/C20H21NO3S/c1-14-11-18(15(2)24-14)20(22)21(13-17-8-6-10-25-17)12-16-7-4-5-9-19(16)23-3/h4-11H,12-13H2,1-3H3. The molecule has 0 aliphatic heterocycles. The first-order chi connectivity index (χ1) is 12.1. The molecule has 0 saturated heterocycles.